The lowest BCUT2D eigenvalue weighted by Crippen LogP contribution is -2.27. The van der Waals surface area contributed by atoms with Gasteiger partial charge < -0.3 is 25.0 Å². The van der Waals surface area contributed by atoms with E-state index in [1.54, 1.807) is 12.1 Å². The number of anilines is 4. The number of aromatic nitrogens is 1. The van der Waals surface area contributed by atoms with E-state index >= 15 is 0 Å². The lowest BCUT2D eigenvalue weighted by molar-refractivity contribution is 0.204. The van der Waals surface area contributed by atoms with Gasteiger partial charge in [0.2, 0.25) is 10.0 Å². The van der Waals surface area contributed by atoms with Gasteiger partial charge in [-0.25, -0.2) is 8.42 Å². The van der Waals surface area contributed by atoms with Crippen LogP contribution < -0.4 is 19.3 Å². The maximum absolute atomic E-state index is 12.0. The number of ether oxygens (including phenoxy) is 1. The summed E-state index contributed by atoms with van der Waals surface area (Å²) in [7, 11) is -3.29. The zero-order valence-electron chi connectivity index (χ0n) is 20.0. The third-order valence-electron chi connectivity index (χ3n) is 6.15. The Morgan fingerprint density at radius 3 is 2.60 bits per heavy atom. The molecule has 0 saturated heterocycles. The number of H-pyrrole nitrogens is 1. The number of benzene rings is 2. The SMILES string of the molecule is CC(C)Oc1ccc(N2CC=Cc3cc(C(O)Nc4ccc5c(c4)CCN5S(C)(=O)=O)[nH]c32)cc1. The van der Waals surface area contributed by atoms with Crippen LogP contribution >= 0.6 is 0 Å². The highest BCUT2D eigenvalue weighted by Gasteiger charge is 2.27. The van der Waals surface area contributed by atoms with Crippen molar-refractivity contribution in [2.75, 3.05) is 33.9 Å². The first-order valence-electron chi connectivity index (χ1n) is 11.7. The van der Waals surface area contributed by atoms with Crippen molar-refractivity contribution in [3.63, 3.8) is 0 Å². The number of rotatable bonds is 7. The topological polar surface area (TPSA) is 97.9 Å². The zero-order chi connectivity index (χ0) is 24.7. The lowest BCUT2D eigenvalue weighted by atomic mass is 10.1. The Hall–Kier alpha value is -3.43. The first kappa shape index (κ1) is 23.3. The Bertz CT molecular complexity index is 1360. The average molecular weight is 495 g/mol. The van der Waals surface area contributed by atoms with Gasteiger partial charge in [-0.15, -0.1) is 0 Å². The molecule has 0 saturated carbocycles. The Labute approximate surface area is 205 Å². The van der Waals surface area contributed by atoms with Crippen LogP contribution in [0.15, 0.2) is 54.6 Å². The molecule has 2 aliphatic rings. The van der Waals surface area contributed by atoms with Crippen molar-refractivity contribution >= 4 is 39.0 Å². The standard InChI is InChI=1S/C26H30N4O4S/c1-17(2)34-22-9-7-21(8-10-22)29-13-4-5-19-16-23(28-25(19)29)26(31)27-20-6-11-24-18(15-20)12-14-30(24)35(3,32)33/h4-11,15-17,26-28,31H,12-14H2,1-3H3. The smallest absolute Gasteiger partial charge is 0.232 e. The van der Waals surface area contributed by atoms with E-state index in [4.69, 9.17) is 4.74 Å². The highest BCUT2D eigenvalue weighted by molar-refractivity contribution is 7.92. The second-order valence-corrected chi connectivity index (χ2v) is 11.1. The number of nitrogens with one attached hydrogen (secondary N) is 2. The summed E-state index contributed by atoms with van der Waals surface area (Å²) in [5.41, 5.74) is 5.03. The van der Waals surface area contributed by atoms with Gasteiger partial charge in [-0.1, -0.05) is 12.2 Å². The van der Waals surface area contributed by atoms with E-state index in [1.165, 1.54) is 10.6 Å². The van der Waals surface area contributed by atoms with Crippen LogP contribution in [0, 0.1) is 0 Å². The third-order valence-corrected chi connectivity index (χ3v) is 7.33. The normalized spacial score (nSPS) is 15.8. The fourth-order valence-electron chi connectivity index (χ4n) is 4.61. The molecule has 2 aromatic carbocycles. The van der Waals surface area contributed by atoms with Gasteiger partial charge in [0.15, 0.2) is 6.23 Å². The summed E-state index contributed by atoms with van der Waals surface area (Å²) in [6, 6.07) is 15.4. The molecule has 1 atom stereocenters. The van der Waals surface area contributed by atoms with E-state index in [9.17, 15) is 13.5 Å². The quantitative estimate of drug-likeness (QED) is 0.422. The van der Waals surface area contributed by atoms with E-state index in [0.717, 1.165) is 34.1 Å². The fourth-order valence-corrected chi connectivity index (χ4v) is 5.57. The van der Waals surface area contributed by atoms with Crippen LogP contribution in [0.5, 0.6) is 5.75 Å². The zero-order valence-corrected chi connectivity index (χ0v) is 20.8. The molecule has 0 bridgehead atoms. The van der Waals surface area contributed by atoms with Gasteiger partial charge in [0.1, 0.15) is 11.6 Å². The predicted molar refractivity (Wildman–Crippen MR) is 140 cm³/mol. The monoisotopic (exact) mass is 494 g/mol. The van der Waals surface area contributed by atoms with Crippen molar-refractivity contribution in [1.82, 2.24) is 4.98 Å². The van der Waals surface area contributed by atoms with E-state index in [2.05, 4.69) is 21.3 Å². The fraction of sp³-hybridized carbons (Fsp3) is 0.308. The summed E-state index contributed by atoms with van der Waals surface area (Å²) in [4.78, 5) is 5.52. The third kappa shape index (κ3) is 4.74. The van der Waals surface area contributed by atoms with Crippen molar-refractivity contribution in [3.05, 3.63) is 71.4 Å². The first-order valence-corrected chi connectivity index (χ1v) is 13.5. The van der Waals surface area contributed by atoms with Crippen molar-refractivity contribution in [1.29, 1.82) is 0 Å². The number of aromatic amines is 1. The minimum absolute atomic E-state index is 0.120. The van der Waals surface area contributed by atoms with Crippen LogP contribution in [-0.2, 0) is 16.4 Å². The molecule has 0 spiro atoms. The Kier molecular flexibility index (Phi) is 5.98. The van der Waals surface area contributed by atoms with Crippen LogP contribution in [0.3, 0.4) is 0 Å². The summed E-state index contributed by atoms with van der Waals surface area (Å²) < 4.78 is 31.1. The van der Waals surface area contributed by atoms with E-state index in [0.29, 0.717) is 30.9 Å². The van der Waals surface area contributed by atoms with Crippen molar-refractivity contribution in [3.8, 4) is 5.75 Å². The molecular formula is C26H30N4O4S. The number of nitrogens with zero attached hydrogens (tertiary/aromatic N) is 2. The van der Waals surface area contributed by atoms with Crippen LogP contribution in [0.4, 0.5) is 22.9 Å². The highest BCUT2D eigenvalue weighted by Crippen LogP contribution is 2.36. The van der Waals surface area contributed by atoms with E-state index in [1.807, 2.05) is 56.3 Å². The molecule has 2 aliphatic heterocycles. The molecule has 8 nitrogen and oxygen atoms in total. The van der Waals surface area contributed by atoms with Crippen LogP contribution in [0.2, 0.25) is 0 Å². The number of hydrogen-bond donors (Lipinski definition) is 3. The molecule has 3 aromatic rings. The highest BCUT2D eigenvalue weighted by atomic mass is 32.2. The largest absolute Gasteiger partial charge is 0.491 e. The van der Waals surface area contributed by atoms with Crippen LogP contribution in [-0.4, -0.2) is 44.0 Å². The van der Waals surface area contributed by atoms with Gasteiger partial charge in [-0.05, 0) is 74.4 Å². The Morgan fingerprint density at radius 1 is 1.11 bits per heavy atom. The summed E-state index contributed by atoms with van der Waals surface area (Å²) in [6.07, 6.45) is 5.16. The van der Waals surface area contributed by atoms with E-state index in [-0.39, 0.29) is 6.10 Å². The maximum Gasteiger partial charge on any atom is 0.232 e. The minimum Gasteiger partial charge on any atom is -0.491 e. The number of aliphatic hydroxyl groups is 1. The average Bonchev–Trinajstić information content (AvgIpc) is 3.43. The second kappa shape index (κ2) is 8.98. The van der Waals surface area contributed by atoms with Gasteiger partial charge in [0, 0.05) is 30.0 Å². The van der Waals surface area contributed by atoms with E-state index < -0.39 is 16.3 Å². The molecule has 0 radical (unpaired) electrons. The maximum atomic E-state index is 12.0. The van der Waals surface area contributed by atoms with Gasteiger partial charge >= 0.3 is 0 Å². The molecule has 3 heterocycles. The van der Waals surface area contributed by atoms with Crippen molar-refractivity contribution < 1.29 is 18.3 Å². The summed E-state index contributed by atoms with van der Waals surface area (Å²) in [5, 5.41) is 14.1. The molecule has 0 amide bonds. The first-order chi connectivity index (χ1) is 16.7. The number of aliphatic hydroxyl groups excluding tert-OH is 1. The number of hydrogen-bond acceptors (Lipinski definition) is 6. The molecule has 3 N–H and O–H groups in total. The molecule has 184 valence electrons. The summed E-state index contributed by atoms with van der Waals surface area (Å²) in [6.45, 7) is 5.16. The van der Waals surface area contributed by atoms with Crippen molar-refractivity contribution in [2.45, 2.75) is 32.6 Å². The lowest BCUT2D eigenvalue weighted by Gasteiger charge is -2.26. The Morgan fingerprint density at radius 2 is 1.89 bits per heavy atom. The predicted octanol–water partition coefficient (Wildman–Crippen LogP) is 4.39. The number of fused-ring (bicyclic) bond motifs is 2. The molecule has 5 rings (SSSR count). The molecule has 1 aromatic heterocycles. The number of sulfonamides is 1. The summed E-state index contributed by atoms with van der Waals surface area (Å²) >= 11 is 0. The molecule has 35 heavy (non-hydrogen) atoms. The Balaban J connectivity index is 1.33. The van der Waals surface area contributed by atoms with Gasteiger partial charge in [0.05, 0.1) is 23.7 Å². The van der Waals surface area contributed by atoms with Crippen molar-refractivity contribution in [2.24, 2.45) is 0 Å². The van der Waals surface area contributed by atoms with Crippen LogP contribution in [0.25, 0.3) is 6.08 Å². The van der Waals surface area contributed by atoms with Crippen LogP contribution in [0.1, 0.15) is 36.9 Å². The minimum atomic E-state index is -3.29. The van der Waals surface area contributed by atoms with Gasteiger partial charge in [-0.2, -0.15) is 0 Å². The molecular weight excluding hydrogens is 464 g/mol. The second-order valence-electron chi connectivity index (χ2n) is 9.18. The summed E-state index contributed by atoms with van der Waals surface area (Å²) in [5.74, 6) is 1.75. The van der Waals surface area contributed by atoms with Gasteiger partial charge in [-0.3, -0.25) is 4.31 Å². The molecule has 1 unspecified atom stereocenters. The molecule has 0 fully saturated rings. The molecule has 9 heteroatoms. The molecule has 0 aliphatic carbocycles. The van der Waals surface area contributed by atoms with Gasteiger partial charge in [0.25, 0.3) is 0 Å².